The summed E-state index contributed by atoms with van der Waals surface area (Å²) in [6.45, 7) is 0. The predicted molar refractivity (Wildman–Crippen MR) is 144 cm³/mol. The lowest BCUT2D eigenvalue weighted by atomic mass is 10.1. The molecular weight excluding hydrogens is 512 g/mol. The van der Waals surface area contributed by atoms with E-state index in [4.69, 9.17) is 9.97 Å². The summed E-state index contributed by atoms with van der Waals surface area (Å²) in [7, 11) is 0. The Balaban J connectivity index is 1.59. The molecule has 0 saturated carbocycles. The number of nitrogens with zero attached hydrogens (tertiary/aromatic N) is 2. The second kappa shape index (κ2) is 12.9. The highest BCUT2D eigenvalue weighted by atomic mass is 16.4. The van der Waals surface area contributed by atoms with Crippen molar-refractivity contribution < 1.29 is 29.4 Å². The fourth-order valence-corrected chi connectivity index (χ4v) is 3.79. The molecule has 1 aromatic heterocycles. The third-order valence-electron chi connectivity index (χ3n) is 5.80. The van der Waals surface area contributed by atoms with Crippen LogP contribution in [0.5, 0.6) is 0 Å². The molecule has 202 valence electrons. The Morgan fingerprint density at radius 3 is 1.38 bits per heavy atom. The Labute approximate surface area is 229 Å². The van der Waals surface area contributed by atoms with Crippen molar-refractivity contribution in [3.63, 3.8) is 0 Å². The number of nitrogens with one attached hydrogen (secondary N) is 2. The lowest BCUT2D eigenvalue weighted by Crippen LogP contribution is -2.24. The molecule has 0 atom stereocenters. The van der Waals surface area contributed by atoms with Crippen LogP contribution in [-0.4, -0.2) is 33.7 Å². The minimum absolute atomic E-state index is 0.178. The molecule has 40 heavy (non-hydrogen) atoms. The number of carboxylic acids is 2. The van der Waals surface area contributed by atoms with Gasteiger partial charge in [-0.25, -0.2) is 9.97 Å². The first kappa shape index (κ1) is 27.6. The van der Waals surface area contributed by atoms with Gasteiger partial charge < -0.3 is 30.4 Å². The van der Waals surface area contributed by atoms with Crippen LogP contribution in [0.1, 0.15) is 25.7 Å². The molecule has 0 bridgehead atoms. The highest BCUT2D eigenvalue weighted by Crippen LogP contribution is 2.29. The van der Waals surface area contributed by atoms with E-state index >= 15 is 0 Å². The molecule has 0 aliphatic heterocycles. The second-order valence-corrected chi connectivity index (χ2v) is 8.82. The monoisotopic (exact) mass is 536 g/mol. The molecule has 2 amide bonds. The van der Waals surface area contributed by atoms with Crippen molar-refractivity contribution in [1.29, 1.82) is 0 Å². The third kappa shape index (κ3) is 7.81. The molecule has 4 aromatic rings. The van der Waals surface area contributed by atoms with E-state index in [0.717, 1.165) is 16.7 Å². The molecule has 2 N–H and O–H groups in total. The van der Waals surface area contributed by atoms with Crippen LogP contribution in [0.2, 0.25) is 0 Å². The molecule has 0 saturated heterocycles. The van der Waals surface area contributed by atoms with Gasteiger partial charge in [-0.2, -0.15) is 0 Å². The lowest BCUT2D eigenvalue weighted by Gasteiger charge is -2.11. The molecule has 0 unspecified atom stereocenters. The van der Waals surface area contributed by atoms with Crippen LogP contribution in [0, 0.1) is 0 Å². The second-order valence-electron chi connectivity index (χ2n) is 8.82. The molecule has 0 fully saturated rings. The summed E-state index contributed by atoms with van der Waals surface area (Å²) >= 11 is 0. The van der Waals surface area contributed by atoms with E-state index in [0.29, 0.717) is 28.6 Å². The Hall–Kier alpha value is -5.38. The molecule has 0 spiro atoms. The van der Waals surface area contributed by atoms with Crippen molar-refractivity contribution >= 4 is 35.1 Å². The zero-order chi connectivity index (χ0) is 28.5. The summed E-state index contributed by atoms with van der Waals surface area (Å²) in [5, 5.41) is 26.5. The topological polar surface area (TPSA) is 164 Å². The molecule has 0 aliphatic carbocycles. The van der Waals surface area contributed by atoms with Gasteiger partial charge in [-0.1, -0.05) is 54.6 Å². The van der Waals surface area contributed by atoms with E-state index in [2.05, 4.69) is 10.6 Å². The maximum atomic E-state index is 11.9. The molecule has 1 heterocycles. The average Bonchev–Trinajstić information content (AvgIpc) is 2.96. The summed E-state index contributed by atoms with van der Waals surface area (Å²) < 4.78 is 0. The van der Waals surface area contributed by atoms with Crippen molar-refractivity contribution in [2.24, 2.45) is 0 Å². The van der Waals surface area contributed by atoms with Crippen LogP contribution < -0.4 is 20.8 Å². The number of hydrogen-bond acceptors (Lipinski definition) is 8. The number of aliphatic carboxylic acids is 2. The molecule has 4 rings (SSSR count). The standard InChI is InChI=1S/C30H26N4O6/c35-26(14-16-28(37)38)31-22-10-6-19(7-11-22)24-18-25(34-30(33-24)21-4-2-1-3-5-21)20-8-12-23(13-9-20)32-27(36)15-17-29(39)40/h1-13,18H,14-17H2,(H,31,35)(H,32,36)(H,37,38)(H,39,40)/p-2. The summed E-state index contributed by atoms with van der Waals surface area (Å²) in [5.41, 5.74) is 4.66. The number of hydrogen-bond donors (Lipinski definition) is 2. The van der Waals surface area contributed by atoms with Gasteiger partial charge in [0.15, 0.2) is 5.82 Å². The minimum atomic E-state index is -1.29. The Morgan fingerprint density at radius 1 is 0.550 bits per heavy atom. The van der Waals surface area contributed by atoms with Gasteiger partial charge in [0, 0.05) is 52.8 Å². The minimum Gasteiger partial charge on any atom is -0.550 e. The smallest absolute Gasteiger partial charge is 0.224 e. The Kier molecular flexibility index (Phi) is 8.93. The van der Waals surface area contributed by atoms with E-state index in [9.17, 15) is 29.4 Å². The van der Waals surface area contributed by atoms with Crippen molar-refractivity contribution in [3.05, 3.63) is 84.9 Å². The number of benzene rings is 3. The lowest BCUT2D eigenvalue weighted by molar-refractivity contribution is -0.307. The molecule has 0 radical (unpaired) electrons. The van der Waals surface area contributed by atoms with Crippen molar-refractivity contribution in [2.75, 3.05) is 10.6 Å². The van der Waals surface area contributed by atoms with E-state index in [1.807, 2.05) is 36.4 Å². The highest BCUT2D eigenvalue weighted by molar-refractivity contribution is 5.93. The van der Waals surface area contributed by atoms with Gasteiger partial charge in [0.05, 0.1) is 11.4 Å². The van der Waals surface area contributed by atoms with Gasteiger partial charge >= 0.3 is 0 Å². The average molecular weight is 537 g/mol. The summed E-state index contributed by atoms with van der Waals surface area (Å²) in [6.07, 6.45) is -1.07. The summed E-state index contributed by atoms with van der Waals surface area (Å²) in [5.74, 6) is -2.91. The van der Waals surface area contributed by atoms with Crippen LogP contribution in [-0.2, 0) is 19.2 Å². The van der Waals surface area contributed by atoms with Crippen LogP contribution in [0.4, 0.5) is 11.4 Å². The number of carbonyl (C=O) groups excluding carboxylic acids is 4. The van der Waals surface area contributed by atoms with Crippen LogP contribution in [0.15, 0.2) is 84.9 Å². The highest BCUT2D eigenvalue weighted by Gasteiger charge is 2.12. The quantitative estimate of drug-likeness (QED) is 0.295. The van der Waals surface area contributed by atoms with Gasteiger partial charge in [-0.05, 0) is 43.2 Å². The van der Waals surface area contributed by atoms with Crippen molar-refractivity contribution in [3.8, 4) is 33.9 Å². The fraction of sp³-hybridized carbons (Fsp3) is 0.133. The first-order valence-corrected chi connectivity index (χ1v) is 12.4. The molecule has 3 aromatic carbocycles. The zero-order valence-corrected chi connectivity index (χ0v) is 21.3. The number of carbonyl (C=O) groups is 4. The van der Waals surface area contributed by atoms with Gasteiger partial charge in [0.2, 0.25) is 11.8 Å². The van der Waals surface area contributed by atoms with Crippen molar-refractivity contribution in [1.82, 2.24) is 9.97 Å². The van der Waals surface area contributed by atoms with E-state index in [1.165, 1.54) is 0 Å². The fourth-order valence-electron chi connectivity index (χ4n) is 3.79. The summed E-state index contributed by atoms with van der Waals surface area (Å²) in [4.78, 5) is 54.6. The Morgan fingerprint density at radius 2 is 0.975 bits per heavy atom. The molecule has 0 aliphatic rings. The number of aromatic nitrogens is 2. The van der Waals surface area contributed by atoms with E-state index < -0.39 is 23.8 Å². The van der Waals surface area contributed by atoms with Gasteiger partial charge in [0.25, 0.3) is 0 Å². The molecular formula is C30H24N4O6-2. The number of carboxylic acid groups (broad SMARTS) is 2. The molecule has 10 nitrogen and oxygen atoms in total. The first-order chi connectivity index (χ1) is 19.3. The SMILES string of the molecule is O=C([O-])CCC(=O)Nc1ccc(-c2cc(-c3ccc(NC(=O)CCC(=O)[O-])cc3)nc(-c3ccccc3)n2)cc1. The van der Waals surface area contributed by atoms with Gasteiger partial charge in [-0.3, -0.25) is 9.59 Å². The largest absolute Gasteiger partial charge is 0.550 e. The van der Waals surface area contributed by atoms with Crippen molar-refractivity contribution in [2.45, 2.75) is 25.7 Å². The maximum Gasteiger partial charge on any atom is 0.224 e. The van der Waals surface area contributed by atoms with Crippen LogP contribution in [0.25, 0.3) is 33.9 Å². The number of anilines is 2. The normalized spacial score (nSPS) is 10.5. The molecule has 10 heteroatoms. The zero-order valence-electron chi connectivity index (χ0n) is 21.3. The summed E-state index contributed by atoms with van der Waals surface area (Å²) in [6, 6.07) is 25.3. The third-order valence-corrected chi connectivity index (χ3v) is 5.80. The van der Waals surface area contributed by atoms with Gasteiger partial charge in [0.1, 0.15) is 0 Å². The first-order valence-electron chi connectivity index (χ1n) is 12.4. The Bertz CT molecular complexity index is 1430. The van der Waals surface area contributed by atoms with E-state index in [1.54, 1.807) is 48.5 Å². The number of rotatable bonds is 11. The van der Waals surface area contributed by atoms with E-state index in [-0.39, 0.29) is 25.7 Å². The number of amides is 2. The van der Waals surface area contributed by atoms with Crippen LogP contribution in [0.3, 0.4) is 0 Å². The van der Waals surface area contributed by atoms with Gasteiger partial charge in [-0.15, -0.1) is 0 Å². The predicted octanol–water partition coefficient (Wildman–Crippen LogP) is 2.41. The maximum absolute atomic E-state index is 11.9. The van der Waals surface area contributed by atoms with Crippen LogP contribution >= 0.6 is 0 Å².